The van der Waals surface area contributed by atoms with Crippen molar-refractivity contribution in [2.24, 2.45) is 10.8 Å². The maximum Gasteiger partial charge on any atom is 0.269 e. The van der Waals surface area contributed by atoms with Gasteiger partial charge in [-0.3, -0.25) is 19.9 Å². The molecule has 1 N–H and O–H groups in total. The van der Waals surface area contributed by atoms with E-state index in [1.165, 1.54) is 0 Å². The fourth-order valence-electron chi connectivity index (χ4n) is 5.02. The summed E-state index contributed by atoms with van der Waals surface area (Å²) in [5, 5.41) is 21.5. The number of nitro benzene ring substituents is 1. The summed E-state index contributed by atoms with van der Waals surface area (Å²) >= 11 is 0. The van der Waals surface area contributed by atoms with E-state index in [1.54, 1.807) is 12.1 Å². The lowest BCUT2D eigenvalue weighted by atomic mass is 9.60. The van der Waals surface area contributed by atoms with Gasteiger partial charge in [0.05, 0.1) is 17.2 Å². The predicted molar refractivity (Wildman–Crippen MR) is 81.2 cm³/mol. The third-order valence-corrected chi connectivity index (χ3v) is 5.67. The molecule has 6 heteroatoms. The van der Waals surface area contributed by atoms with Crippen LogP contribution in [0.1, 0.15) is 25.6 Å². The molecule has 5 rings (SSSR count). The Bertz CT molecular complexity index is 592. The van der Waals surface area contributed by atoms with Gasteiger partial charge in [-0.05, 0) is 17.7 Å². The van der Waals surface area contributed by atoms with E-state index in [9.17, 15) is 15.2 Å². The molecule has 0 amide bonds. The SMILES string of the molecule is CC12CN3CC(C)(CN(C1)C3c1ccc([N+](=O)[O-])cc1)C2O. The normalized spacial score (nSPS) is 46.0. The van der Waals surface area contributed by atoms with Crippen molar-refractivity contribution >= 4 is 5.69 Å². The van der Waals surface area contributed by atoms with E-state index in [1.807, 2.05) is 12.1 Å². The zero-order valence-electron chi connectivity index (χ0n) is 12.9. The van der Waals surface area contributed by atoms with E-state index in [2.05, 4.69) is 23.6 Å². The molecule has 1 aromatic rings. The van der Waals surface area contributed by atoms with Crippen LogP contribution in [-0.2, 0) is 0 Å². The highest BCUT2D eigenvalue weighted by atomic mass is 16.6. The van der Waals surface area contributed by atoms with E-state index in [0.717, 1.165) is 31.7 Å². The smallest absolute Gasteiger partial charge is 0.269 e. The van der Waals surface area contributed by atoms with Gasteiger partial charge in [-0.15, -0.1) is 0 Å². The number of aliphatic hydroxyl groups is 1. The first-order valence-corrected chi connectivity index (χ1v) is 7.73. The zero-order chi connectivity index (χ0) is 15.7. The van der Waals surface area contributed by atoms with Gasteiger partial charge in [0.1, 0.15) is 0 Å². The molecule has 4 saturated heterocycles. The molecule has 0 unspecified atom stereocenters. The number of nitro groups is 1. The number of hydrogen-bond acceptors (Lipinski definition) is 5. The van der Waals surface area contributed by atoms with Gasteiger partial charge in [-0.25, -0.2) is 0 Å². The summed E-state index contributed by atoms with van der Waals surface area (Å²) in [5.41, 5.74) is 1.07. The Balaban J connectivity index is 1.67. The first-order chi connectivity index (χ1) is 10.3. The molecule has 0 radical (unpaired) electrons. The number of rotatable bonds is 2. The molecule has 4 aliphatic rings. The number of non-ortho nitro benzene ring substituents is 1. The summed E-state index contributed by atoms with van der Waals surface area (Å²) in [4.78, 5) is 15.3. The van der Waals surface area contributed by atoms with Gasteiger partial charge in [0.25, 0.3) is 5.69 Å². The lowest BCUT2D eigenvalue weighted by molar-refractivity contribution is -0.384. The Hall–Kier alpha value is -1.50. The highest BCUT2D eigenvalue weighted by Gasteiger charge is 2.61. The summed E-state index contributed by atoms with van der Waals surface area (Å²) in [5.74, 6) is 0. The monoisotopic (exact) mass is 303 g/mol. The van der Waals surface area contributed by atoms with Crippen molar-refractivity contribution < 1.29 is 10.0 Å². The van der Waals surface area contributed by atoms with Gasteiger partial charge >= 0.3 is 0 Å². The Labute approximate surface area is 129 Å². The molecule has 0 spiro atoms. The van der Waals surface area contributed by atoms with Crippen LogP contribution in [0.5, 0.6) is 0 Å². The van der Waals surface area contributed by atoms with Crippen molar-refractivity contribution in [3.8, 4) is 0 Å². The molecule has 4 aliphatic heterocycles. The average Bonchev–Trinajstić information content (AvgIpc) is 2.44. The van der Waals surface area contributed by atoms with Crippen LogP contribution in [0.25, 0.3) is 0 Å². The molecule has 0 aromatic heterocycles. The van der Waals surface area contributed by atoms with Crippen LogP contribution in [0, 0.1) is 20.9 Å². The molecule has 22 heavy (non-hydrogen) atoms. The topological polar surface area (TPSA) is 69.9 Å². The second-order valence-electron chi connectivity index (χ2n) is 7.74. The fraction of sp³-hybridized carbons (Fsp3) is 0.625. The Kier molecular flexibility index (Phi) is 2.74. The van der Waals surface area contributed by atoms with Gasteiger partial charge in [-0.1, -0.05) is 13.8 Å². The van der Waals surface area contributed by atoms with Crippen LogP contribution in [0.4, 0.5) is 5.69 Å². The van der Waals surface area contributed by atoms with E-state index in [0.29, 0.717) is 0 Å². The van der Waals surface area contributed by atoms with Crippen molar-refractivity contribution in [1.29, 1.82) is 0 Å². The summed E-state index contributed by atoms with van der Waals surface area (Å²) < 4.78 is 0. The summed E-state index contributed by atoms with van der Waals surface area (Å²) in [6.07, 6.45) is -0.0836. The third kappa shape index (κ3) is 1.77. The minimum absolute atomic E-state index is 0.0808. The second-order valence-corrected chi connectivity index (χ2v) is 7.74. The van der Waals surface area contributed by atoms with Crippen LogP contribution < -0.4 is 0 Å². The molecular formula is C16H21N3O3. The van der Waals surface area contributed by atoms with Crippen molar-refractivity contribution in [3.63, 3.8) is 0 Å². The molecule has 0 saturated carbocycles. The molecule has 4 heterocycles. The van der Waals surface area contributed by atoms with E-state index in [4.69, 9.17) is 0 Å². The van der Waals surface area contributed by atoms with Crippen molar-refractivity contribution in [2.45, 2.75) is 26.1 Å². The van der Waals surface area contributed by atoms with Gasteiger partial charge in [0, 0.05) is 49.1 Å². The van der Waals surface area contributed by atoms with Crippen LogP contribution in [0.3, 0.4) is 0 Å². The van der Waals surface area contributed by atoms with E-state index < -0.39 is 0 Å². The van der Waals surface area contributed by atoms with Crippen LogP contribution in [-0.4, -0.2) is 52.1 Å². The number of aliphatic hydroxyl groups excluding tert-OH is 1. The first-order valence-electron chi connectivity index (χ1n) is 7.73. The van der Waals surface area contributed by atoms with Crippen LogP contribution in [0.15, 0.2) is 24.3 Å². The van der Waals surface area contributed by atoms with E-state index in [-0.39, 0.29) is 33.7 Å². The largest absolute Gasteiger partial charge is 0.392 e. The minimum Gasteiger partial charge on any atom is -0.392 e. The highest BCUT2D eigenvalue weighted by molar-refractivity contribution is 5.35. The molecule has 0 aliphatic carbocycles. The van der Waals surface area contributed by atoms with Gasteiger partial charge in [0.2, 0.25) is 0 Å². The predicted octanol–water partition coefficient (Wildman–Crippen LogP) is 1.61. The van der Waals surface area contributed by atoms with Crippen molar-refractivity contribution in [3.05, 3.63) is 39.9 Å². The second kappa shape index (κ2) is 4.28. The molecular weight excluding hydrogens is 282 g/mol. The standard InChI is InChI=1S/C16H21N3O3/c1-15-7-17-9-16(2,14(15)20)10-18(8-15)13(17)11-3-5-12(6-4-11)19(21)22/h3-6,13-14,20H,7-10H2,1-2H3. The molecule has 0 atom stereocenters. The van der Waals surface area contributed by atoms with Gasteiger partial charge < -0.3 is 5.11 Å². The molecule has 118 valence electrons. The minimum atomic E-state index is -0.361. The average molecular weight is 303 g/mol. The maximum atomic E-state index is 10.8. The summed E-state index contributed by atoms with van der Waals surface area (Å²) in [7, 11) is 0. The highest BCUT2D eigenvalue weighted by Crippen LogP contribution is 2.54. The first kappa shape index (κ1) is 14.1. The lowest BCUT2D eigenvalue weighted by Gasteiger charge is -2.68. The van der Waals surface area contributed by atoms with Crippen LogP contribution >= 0.6 is 0 Å². The Morgan fingerprint density at radius 3 is 1.95 bits per heavy atom. The van der Waals surface area contributed by atoms with Gasteiger partial charge in [-0.2, -0.15) is 0 Å². The maximum absolute atomic E-state index is 10.8. The fourth-order valence-corrected chi connectivity index (χ4v) is 5.02. The van der Waals surface area contributed by atoms with Gasteiger partial charge in [0.15, 0.2) is 0 Å². The molecule has 1 aromatic carbocycles. The third-order valence-electron chi connectivity index (χ3n) is 5.67. The van der Waals surface area contributed by atoms with Crippen molar-refractivity contribution in [1.82, 2.24) is 9.80 Å². The molecule has 4 bridgehead atoms. The number of hydrogen-bond donors (Lipinski definition) is 1. The summed E-state index contributed by atoms with van der Waals surface area (Å²) in [6, 6.07) is 6.90. The molecule has 4 fully saturated rings. The number of benzene rings is 1. The Morgan fingerprint density at radius 2 is 1.55 bits per heavy atom. The summed E-state index contributed by atoms with van der Waals surface area (Å²) in [6.45, 7) is 7.84. The van der Waals surface area contributed by atoms with E-state index >= 15 is 0 Å². The number of piperidine rings is 2. The van der Waals surface area contributed by atoms with Crippen LogP contribution in [0.2, 0.25) is 0 Å². The lowest BCUT2D eigenvalue weighted by Crippen LogP contribution is -2.76. The number of nitrogens with zero attached hydrogens (tertiary/aromatic N) is 3. The Morgan fingerprint density at radius 1 is 1.09 bits per heavy atom. The quantitative estimate of drug-likeness (QED) is 0.664. The zero-order valence-corrected chi connectivity index (χ0v) is 12.9. The van der Waals surface area contributed by atoms with Crippen molar-refractivity contribution in [2.75, 3.05) is 26.2 Å². The molecule has 6 nitrogen and oxygen atoms in total.